The molecule has 0 saturated carbocycles. The number of benzene rings is 2. The Bertz CT molecular complexity index is 594. The van der Waals surface area contributed by atoms with E-state index in [0.29, 0.717) is 24.1 Å². The molecular formula is C15H15FN2O. The molecule has 0 aromatic heterocycles. The normalized spacial score (nSPS) is 10.4. The quantitative estimate of drug-likeness (QED) is 0.826. The number of hydrogen-bond acceptors (Lipinski definition) is 2. The Hall–Kier alpha value is -2.36. The van der Waals surface area contributed by atoms with Crippen molar-refractivity contribution in [3.05, 3.63) is 65.0 Å². The Labute approximate surface area is 111 Å². The van der Waals surface area contributed by atoms with Gasteiger partial charge in [0.1, 0.15) is 5.82 Å². The van der Waals surface area contributed by atoms with E-state index in [1.807, 2.05) is 0 Å². The standard InChI is InChI=1S/C15H15FN2O/c16-12-6-2-10(3-7-12)1-4-11-5-8-13(17)9-14(11)15(18)19/h2-3,5-9H,1,4,17H2,(H2,18,19). The molecule has 4 heteroatoms. The number of amides is 1. The van der Waals surface area contributed by atoms with Crippen molar-refractivity contribution < 1.29 is 9.18 Å². The molecule has 19 heavy (non-hydrogen) atoms. The van der Waals surface area contributed by atoms with Crippen molar-refractivity contribution in [2.24, 2.45) is 5.73 Å². The number of nitrogens with two attached hydrogens (primary N) is 2. The number of carbonyl (C=O) groups excluding carboxylic acids is 1. The number of primary amides is 1. The molecular weight excluding hydrogens is 243 g/mol. The van der Waals surface area contributed by atoms with Crippen molar-refractivity contribution in [2.45, 2.75) is 12.8 Å². The van der Waals surface area contributed by atoms with Crippen molar-refractivity contribution in [1.29, 1.82) is 0 Å². The van der Waals surface area contributed by atoms with Crippen LogP contribution in [0.5, 0.6) is 0 Å². The van der Waals surface area contributed by atoms with E-state index >= 15 is 0 Å². The largest absolute Gasteiger partial charge is 0.399 e. The third-order valence-electron chi connectivity index (χ3n) is 3.00. The molecule has 0 fully saturated rings. The van der Waals surface area contributed by atoms with Crippen molar-refractivity contribution >= 4 is 11.6 Å². The van der Waals surface area contributed by atoms with Crippen LogP contribution in [0.1, 0.15) is 21.5 Å². The van der Waals surface area contributed by atoms with Crippen LogP contribution in [0, 0.1) is 5.82 Å². The SMILES string of the molecule is NC(=O)c1cc(N)ccc1CCc1ccc(F)cc1. The van der Waals surface area contributed by atoms with Gasteiger partial charge in [0.05, 0.1) is 0 Å². The third kappa shape index (κ3) is 3.31. The van der Waals surface area contributed by atoms with Gasteiger partial charge in [-0.05, 0) is 48.2 Å². The zero-order valence-corrected chi connectivity index (χ0v) is 10.4. The molecule has 0 saturated heterocycles. The summed E-state index contributed by atoms with van der Waals surface area (Å²) in [6, 6.07) is 11.4. The number of hydrogen-bond donors (Lipinski definition) is 2. The number of carbonyl (C=O) groups is 1. The molecule has 4 N–H and O–H groups in total. The van der Waals surface area contributed by atoms with Crippen molar-refractivity contribution in [1.82, 2.24) is 0 Å². The molecule has 0 aliphatic heterocycles. The highest BCUT2D eigenvalue weighted by molar-refractivity contribution is 5.95. The molecule has 2 rings (SSSR count). The van der Waals surface area contributed by atoms with Gasteiger partial charge in [0.15, 0.2) is 0 Å². The average Bonchev–Trinajstić information content (AvgIpc) is 2.39. The Morgan fingerprint density at radius 1 is 1.05 bits per heavy atom. The van der Waals surface area contributed by atoms with E-state index in [1.165, 1.54) is 12.1 Å². The zero-order valence-electron chi connectivity index (χ0n) is 10.4. The van der Waals surface area contributed by atoms with Gasteiger partial charge in [0.25, 0.3) is 0 Å². The molecule has 0 heterocycles. The molecule has 0 bridgehead atoms. The first-order chi connectivity index (χ1) is 9.06. The van der Waals surface area contributed by atoms with Gasteiger partial charge in [-0.1, -0.05) is 18.2 Å². The summed E-state index contributed by atoms with van der Waals surface area (Å²) in [5, 5.41) is 0. The highest BCUT2D eigenvalue weighted by Crippen LogP contribution is 2.16. The second-order valence-corrected chi connectivity index (χ2v) is 4.41. The number of anilines is 1. The minimum absolute atomic E-state index is 0.256. The zero-order chi connectivity index (χ0) is 13.8. The second-order valence-electron chi connectivity index (χ2n) is 4.41. The molecule has 98 valence electrons. The van der Waals surface area contributed by atoms with Crippen LogP contribution in [0.2, 0.25) is 0 Å². The molecule has 0 spiro atoms. The molecule has 0 atom stereocenters. The summed E-state index contributed by atoms with van der Waals surface area (Å²) >= 11 is 0. The highest BCUT2D eigenvalue weighted by atomic mass is 19.1. The van der Waals surface area contributed by atoms with E-state index in [-0.39, 0.29) is 5.82 Å². The summed E-state index contributed by atoms with van der Waals surface area (Å²) in [6.07, 6.45) is 1.37. The third-order valence-corrected chi connectivity index (χ3v) is 3.00. The Kier molecular flexibility index (Phi) is 3.80. The van der Waals surface area contributed by atoms with Crippen LogP contribution in [0.25, 0.3) is 0 Å². The molecule has 3 nitrogen and oxygen atoms in total. The average molecular weight is 258 g/mol. The van der Waals surface area contributed by atoms with Crippen LogP contribution in [-0.2, 0) is 12.8 Å². The van der Waals surface area contributed by atoms with E-state index in [0.717, 1.165) is 11.1 Å². The molecule has 1 amide bonds. The summed E-state index contributed by atoms with van der Waals surface area (Å²) in [5.74, 6) is -0.740. The maximum absolute atomic E-state index is 12.8. The van der Waals surface area contributed by atoms with E-state index in [9.17, 15) is 9.18 Å². The monoisotopic (exact) mass is 258 g/mol. The molecule has 0 aliphatic rings. The number of aryl methyl sites for hydroxylation is 2. The summed E-state index contributed by atoms with van der Waals surface area (Å²) in [6.45, 7) is 0. The molecule has 0 unspecified atom stereocenters. The van der Waals surface area contributed by atoms with Gasteiger partial charge < -0.3 is 11.5 Å². The summed E-state index contributed by atoms with van der Waals surface area (Å²) in [7, 11) is 0. The van der Waals surface area contributed by atoms with Gasteiger partial charge in [-0.15, -0.1) is 0 Å². The van der Waals surface area contributed by atoms with Crippen LogP contribution in [0.4, 0.5) is 10.1 Å². The Morgan fingerprint density at radius 3 is 2.37 bits per heavy atom. The van der Waals surface area contributed by atoms with E-state index in [1.54, 1.807) is 30.3 Å². The second kappa shape index (κ2) is 5.52. The Balaban J connectivity index is 2.15. The first-order valence-corrected chi connectivity index (χ1v) is 5.99. The highest BCUT2D eigenvalue weighted by Gasteiger charge is 2.08. The maximum atomic E-state index is 12.8. The first-order valence-electron chi connectivity index (χ1n) is 5.99. The summed E-state index contributed by atoms with van der Waals surface area (Å²) in [4.78, 5) is 11.3. The van der Waals surface area contributed by atoms with E-state index < -0.39 is 5.91 Å². The van der Waals surface area contributed by atoms with Gasteiger partial charge in [0, 0.05) is 11.3 Å². The maximum Gasteiger partial charge on any atom is 0.249 e. The minimum Gasteiger partial charge on any atom is -0.399 e. The van der Waals surface area contributed by atoms with Crippen molar-refractivity contribution in [3.63, 3.8) is 0 Å². The van der Waals surface area contributed by atoms with Crippen LogP contribution >= 0.6 is 0 Å². The van der Waals surface area contributed by atoms with Crippen LogP contribution in [0.3, 0.4) is 0 Å². The fraction of sp³-hybridized carbons (Fsp3) is 0.133. The lowest BCUT2D eigenvalue weighted by molar-refractivity contribution is 0.0999. The van der Waals surface area contributed by atoms with Gasteiger partial charge in [-0.2, -0.15) is 0 Å². The summed E-state index contributed by atoms with van der Waals surface area (Å²) in [5.41, 5.74) is 13.8. The van der Waals surface area contributed by atoms with Gasteiger partial charge in [-0.3, -0.25) is 4.79 Å². The summed E-state index contributed by atoms with van der Waals surface area (Å²) < 4.78 is 12.8. The number of nitrogen functional groups attached to an aromatic ring is 1. The minimum atomic E-state index is -0.485. The van der Waals surface area contributed by atoms with E-state index in [2.05, 4.69) is 0 Å². The lowest BCUT2D eigenvalue weighted by Gasteiger charge is -2.08. The van der Waals surface area contributed by atoms with Crippen LogP contribution < -0.4 is 11.5 Å². The predicted octanol–water partition coefficient (Wildman–Crippen LogP) is 2.29. The number of rotatable bonds is 4. The fourth-order valence-electron chi connectivity index (χ4n) is 1.97. The van der Waals surface area contributed by atoms with E-state index in [4.69, 9.17) is 11.5 Å². The Morgan fingerprint density at radius 2 is 1.74 bits per heavy atom. The van der Waals surface area contributed by atoms with Gasteiger partial charge in [0.2, 0.25) is 5.91 Å². The van der Waals surface area contributed by atoms with Gasteiger partial charge >= 0.3 is 0 Å². The molecule has 2 aromatic carbocycles. The lowest BCUT2D eigenvalue weighted by atomic mass is 9.99. The smallest absolute Gasteiger partial charge is 0.249 e. The first kappa shape index (κ1) is 13.1. The van der Waals surface area contributed by atoms with Crippen molar-refractivity contribution in [2.75, 3.05) is 5.73 Å². The topological polar surface area (TPSA) is 69.1 Å². The van der Waals surface area contributed by atoms with Crippen molar-refractivity contribution in [3.8, 4) is 0 Å². The lowest BCUT2D eigenvalue weighted by Crippen LogP contribution is -2.14. The van der Waals surface area contributed by atoms with Gasteiger partial charge in [-0.25, -0.2) is 4.39 Å². The molecule has 2 aromatic rings. The predicted molar refractivity (Wildman–Crippen MR) is 73.2 cm³/mol. The fourth-order valence-corrected chi connectivity index (χ4v) is 1.97. The molecule has 0 aliphatic carbocycles. The van der Waals surface area contributed by atoms with Crippen LogP contribution in [0.15, 0.2) is 42.5 Å². The molecule has 0 radical (unpaired) electrons. The van der Waals surface area contributed by atoms with Crippen LogP contribution in [-0.4, -0.2) is 5.91 Å². The number of halogens is 1.